The lowest BCUT2D eigenvalue weighted by Gasteiger charge is -2.36. The summed E-state index contributed by atoms with van der Waals surface area (Å²) in [6, 6.07) is 12.4. The van der Waals surface area contributed by atoms with E-state index in [-0.39, 0.29) is 0 Å². The van der Waals surface area contributed by atoms with E-state index in [1.54, 1.807) is 0 Å². The van der Waals surface area contributed by atoms with Crippen molar-refractivity contribution in [3.63, 3.8) is 0 Å². The van der Waals surface area contributed by atoms with Gasteiger partial charge in [-0.3, -0.25) is 4.79 Å². The van der Waals surface area contributed by atoms with Crippen molar-refractivity contribution in [2.24, 2.45) is 5.92 Å². The summed E-state index contributed by atoms with van der Waals surface area (Å²) in [5.41, 5.74) is 4.15. The molecule has 0 spiro atoms. The third kappa shape index (κ3) is 3.63. The van der Waals surface area contributed by atoms with Crippen molar-refractivity contribution in [3.05, 3.63) is 42.6 Å². The van der Waals surface area contributed by atoms with Crippen LogP contribution in [0, 0.1) is 5.92 Å². The van der Waals surface area contributed by atoms with Crippen molar-refractivity contribution < 1.29 is 9.59 Å². The number of rotatable bonds is 4. The maximum absolute atomic E-state index is 12.3. The number of H-pyrrole nitrogens is 1. The van der Waals surface area contributed by atoms with E-state index >= 15 is 0 Å². The van der Waals surface area contributed by atoms with Crippen LogP contribution in [0.4, 0.5) is 5.69 Å². The number of amides is 1. The number of pyridine rings is 1. The van der Waals surface area contributed by atoms with Crippen molar-refractivity contribution in [1.29, 1.82) is 0 Å². The topological polar surface area (TPSA) is 72.5 Å². The average Bonchev–Trinajstić information content (AvgIpc) is 3.50. The molecule has 0 bridgehead atoms. The van der Waals surface area contributed by atoms with Crippen LogP contribution in [0.1, 0.15) is 12.8 Å². The third-order valence-corrected chi connectivity index (χ3v) is 8.02. The fourth-order valence-electron chi connectivity index (χ4n) is 4.26. The molecule has 0 unspecified atom stereocenters. The Balaban J connectivity index is 1.38. The van der Waals surface area contributed by atoms with E-state index < -0.39 is 8.32 Å². The molecule has 3 aromatic rings. The molecular weight excluding hydrogens is 392 g/mol. The van der Waals surface area contributed by atoms with Gasteiger partial charge in [0.1, 0.15) is 5.65 Å². The highest BCUT2D eigenvalue weighted by Gasteiger charge is 2.34. The zero-order chi connectivity index (χ0) is 20.9. The zero-order valence-electron chi connectivity index (χ0n) is 17.6. The molecule has 6 nitrogen and oxygen atoms in total. The first kappa shape index (κ1) is 19.3. The number of carbonyl (C=O) groups excluding carboxylic acids is 1. The number of nitrogens with zero attached hydrogens (tertiary/aromatic N) is 3. The Morgan fingerprint density at radius 1 is 1.10 bits per heavy atom. The van der Waals surface area contributed by atoms with Gasteiger partial charge in [0.05, 0.1) is 0 Å². The van der Waals surface area contributed by atoms with Crippen LogP contribution in [-0.4, -0.2) is 60.1 Å². The molecule has 3 heterocycles. The van der Waals surface area contributed by atoms with Crippen LogP contribution in [0.15, 0.2) is 42.6 Å². The van der Waals surface area contributed by atoms with E-state index in [0.29, 0.717) is 11.8 Å². The lowest BCUT2D eigenvalue weighted by Crippen LogP contribution is -2.49. The molecule has 1 amide bonds. The predicted octanol–water partition coefficient (Wildman–Crippen LogP) is 2.69. The highest BCUT2D eigenvalue weighted by molar-refractivity contribution is 6.83. The quantitative estimate of drug-likeness (QED) is 0.637. The van der Waals surface area contributed by atoms with E-state index in [1.165, 1.54) is 5.69 Å². The summed E-state index contributed by atoms with van der Waals surface area (Å²) >= 11 is 0. The van der Waals surface area contributed by atoms with Gasteiger partial charge in [-0.1, -0.05) is 24.3 Å². The number of fused-ring (bicyclic) bond motifs is 1. The molecule has 1 aliphatic heterocycles. The first-order valence-corrected chi connectivity index (χ1v) is 13.7. The summed E-state index contributed by atoms with van der Waals surface area (Å²) in [7, 11) is -2.29. The number of benzene rings is 1. The Kier molecular flexibility index (Phi) is 4.67. The number of aromatic amines is 1. The summed E-state index contributed by atoms with van der Waals surface area (Å²) in [6.45, 7) is 7.14. The molecule has 156 valence electrons. The second-order valence-corrected chi connectivity index (χ2v) is 12.7. The molecule has 7 heteroatoms. The zero-order valence-corrected chi connectivity index (χ0v) is 18.6. The van der Waals surface area contributed by atoms with E-state index in [9.17, 15) is 9.59 Å². The minimum absolute atomic E-state index is 0.293. The normalized spacial score (nSPS) is 17.6. The van der Waals surface area contributed by atoms with Gasteiger partial charge in [-0.15, -0.1) is 0 Å². The number of hydrogen-bond acceptors (Lipinski definition) is 4. The largest absolute Gasteiger partial charge is 0.428 e. The average molecular weight is 421 g/mol. The monoisotopic (exact) mass is 420 g/mol. The highest BCUT2D eigenvalue weighted by atomic mass is 28.4. The third-order valence-electron chi connectivity index (χ3n) is 6.27. The van der Waals surface area contributed by atoms with E-state index in [1.807, 2.05) is 36.3 Å². The van der Waals surface area contributed by atoms with Gasteiger partial charge in [0.25, 0.3) is 0 Å². The summed E-state index contributed by atoms with van der Waals surface area (Å²) < 4.78 is 0. The van der Waals surface area contributed by atoms with Gasteiger partial charge in [0.15, 0.2) is 0 Å². The summed E-state index contributed by atoms with van der Waals surface area (Å²) in [5, 5.41) is 2.13. The number of aromatic nitrogens is 2. The fraction of sp³-hybridized carbons (Fsp3) is 0.391. The van der Waals surface area contributed by atoms with Crippen LogP contribution >= 0.6 is 0 Å². The Hall–Kier alpha value is -2.64. The second-order valence-electron chi connectivity index (χ2n) is 9.00. The van der Waals surface area contributed by atoms with Gasteiger partial charge < -0.3 is 19.6 Å². The number of carbonyl (C=O) groups is 1. The molecule has 5 rings (SSSR count). The van der Waals surface area contributed by atoms with Gasteiger partial charge in [0.2, 0.25) is 14.2 Å². The fourth-order valence-corrected chi connectivity index (χ4v) is 5.24. The number of anilines is 1. The second kappa shape index (κ2) is 7.25. The first-order valence-electron chi connectivity index (χ1n) is 10.7. The molecule has 2 N–H and O–H groups in total. The Morgan fingerprint density at radius 3 is 2.43 bits per heavy atom. The number of piperazine rings is 1. The number of nitrogens with one attached hydrogen (secondary N) is 1. The molecule has 0 radical (unpaired) electrons. The molecule has 2 aromatic heterocycles. The molecule has 1 saturated heterocycles. The highest BCUT2D eigenvalue weighted by Crippen LogP contribution is 2.33. The number of hydrogen-bond donors (Lipinski definition) is 2. The van der Waals surface area contributed by atoms with Crippen LogP contribution in [0.3, 0.4) is 0 Å². The van der Waals surface area contributed by atoms with E-state index in [0.717, 1.165) is 66.5 Å². The lowest BCUT2D eigenvalue weighted by molar-refractivity contribution is -0.132. The van der Waals surface area contributed by atoms with Crippen molar-refractivity contribution in [2.45, 2.75) is 25.9 Å². The Morgan fingerprint density at radius 2 is 1.80 bits per heavy atom. The van der Waals surface area contributed by atoms with Crippen LogP contribution < -0.4 is 10.1 Å². The van der Waals surface area contributed by atoms with Gasteiger partial charge in [-0.05, 0) is 48.8 Å². The standard InChI is InChI=1S/C23H28N4O2Si/c1-30(2,29)18-7-5-16(6-8-18)20-15-19-21(9-10-24-22(19)25-20)26-11-13-27(14-12-26)23(28)17-3-4-17/h5-10,15,17,29H,3-4,11-14H2,1-2H3,(H,24,25). The van der Waals surface area contributed by atoms with Crippen molar-refractivity contribution >= 4 is 36.1 Å². The van der Waals surface area contributed by atoms with Crippen LogP contribution in [0.25, 0.3) is 22.3 Å². The van der Waals surface area contributed by atoms with Crippen LogP contribution in [0.2, 0.25) is 13.1 Å². The minimum Gasteiger partial charge on any atom is -0.428 e. The van der Waals surface area contributed by atoms with Crippen molar-refractivity contribution in [1.82, 2.24) is 14.9 Å². The molecule has 1 saturated carbocycles. The molecule has 30 heavy (non-hydrogen) atoms. The maximum Gasteiger partial charge on any atom is 0.225 e. The molecule has 2 aliphatic rings. The summed E-state index contributed by atoms with van der Waals surface area (Å²) in [4.78, 5) is 35.0. The molecule has 0 atom stereocenters. The molecular formula is C23H28N4O2Si. The Bertz CT molecular complexity index is 1070. The minimum atomic E-state index is -2.29. The van der Waals surface area contributed by atoms with Crippen LogP contribution in [0.5, 0.6) is 0 Å². The van der Waals surface area contributed by atoms with Crippen molar-refractivity contribution in [3.8, 4) is 11.3 Å². The van der Waals surface area contributed by atoms with E-state index in [4.69, 9.17) is 0 Å². The van der Waals surface area contributed by atoms with Gasteiger partial charge >= 0.3 is 0 Å². The smallest absolute Gasteiger partial charge is 0.225 e. The molecule has 1 aliphatic carbocycles. The first-order chi connectivity index (χ1) is 14.4. The van der Waals surface area contributed by atoms with Crippen LogP contribution in [-0.2, 0) is 4.79 Å². The molecule has 2 fully saturated rings. The van der Waals surface area contributed by atoms with Crippen molar-refractivity contribution in [2.75, 3.05) is 31.1 Å². The molecule has 1 aromatic carbocycles. The predicted molar refractivity (Wildman–Crippen MR) is 122 cm³/mol. The van der Waals surface area contributed by atoms with Gasteiger partial charge in [0, 0.05) is 55.1 Å². The summed E-state index contributed by atoms with van der Waals surface area (Å²) in [6.07, 6.45) is 3.98. The van der Waals surface area contributed by atoms with Gasteiger partial charge in [-0.2, -0.15) is 0 Å². The Labute approximate surface area is 177 Å². The lowest BCUT2D eigenvalue weighted by atomic mass is 10.1. The van der Waals surface area contributed by atoms with Gasteiger partial charge in [-0.25, -0.2) is 4.98 Å². The summed E-state index contributed by atoms with van der Waals surface area (Å²) in [5.74, 6) is 0.637. The SMILES string of the molecule is C[Si](C)(O)c1ccc(-c2cc3c(N4CCN(C(=O)C5CC5)CC4)ccnc3[nH]2)cc1. The maximum atomic E-state index is 12.3. The van der Waals surface area contributed by atoms with E-state index in [2.05, 4.69) is 39.1 Å².